The van der Waals surface area contributed by atoms with Crippen LogP contribution in [0.5, 0.6) is 0 Å². The number of nitrogens with zero attached hydrogens (tertiary/aromatic N) is 5. The van der Waals surface area contributed by atoms with Gasteiger partial charge in [0.15, 0.2) is 0 Å². The predicted molar refractivity (Wildman–Crippen MR) is 94.8 cm³/mol. The number of thioether (sulfide) groups is 1. The Hall–Kier alpha value is -2.78. The van der Waals surface area contributed by atoms with Gasteiger partial charge < -0.3 is 5.11 Å². The highest BCUT2D eigenvalue weighted by atomic mass is 35.5. The summed E-state index contributed by atoms with van der Waals surface area (Å²) in [5.41, 5.74) is 1.44. The van der Waals surface area contributed by atoms with Gasteiger partial charge in [0.25, 0.3) is 0 Å². The number of tetrazole rings is 1. The van der Waals surface area contributed by atoms with Gasteiger partial charge in [0.2, 0.25) is 5.16 Å². The van der Waals surface area contributed by atoms with Crippen LogP contribution in [0, 0.1) is 0 Å². The van der Waals surface area contributed by atoms with Gasteiger partial charge in [-0.25, -0.2) is 9.78 Å². The Bertz CT molecular complexity index is 945. The van der Waals surface area contributed by atoms with Crippen molar-refractivity contribution in [2.45, 2.75) is 11.6 Å². The number of Topliss-reactive ketones (excluding diaryl/α,β-unsaturated/α-hetero) is 1. The van der Waals surface area contributed by atoms with Gasteiger partial charge in [-0.2, -0.15) is 4.68 Å². The molecule has 8 nitrogen and oxygen atoms in total. The first-order chi connectivity index (χ1) is 12.5. The zero-order valence-electron chi connectivity index (χ0n) is 13.2. The minimum Gasteiger partial charge on any atom is -0.478 e. The standard InChI is InChI=1S/C16H12ClN5O3S/c17-14-11(2-1-7-18-14)8-13(23)9-26-16-19-20-21-22(16)12-5-3-10(4-6-12)15(24)25/h1-7H,8-9H2,(H,24,25). The summed E-state index contributed by atoms with van der Waals surface area (Å²) in [6, 6.07) is 9.60. The molecule has 0 fully saturated rings. The van der Waals surface area contributed by atoms with Crippen molar-refractivity contribution in [2.75, 3.05) is 5.75 Å². The molecule has 0 spiro atoms. The van der Waals surface area contributed by atoms with Crippen molar-refractivity contribution < 1.29 is 14.7 Å². The number of hydrogen-bond donors (Lipinski definition) is 1. The zero-order chi connectivity index (χ0) is 18.5. The van der Waals surface area contributed by atoms with Gasteiger partial charge in [-0.05, 0) is 46.3 Å². The number of carbonyl (C=O) groups excluding carboxylic acids is 1. The van der Waals surface area contributed by atoms with Crippen molar-refractivity contribution >= 4 is 35.1 Å². The minimum atomic E-state index is -1.01. The maximum absolute atomic E-state index is 12.2. The number of aromatic carboxylic acids is 1. The lowest BCUT2D eigenvalue weighted by atomic mass is 10.1. The fourth-order valence-electron chi connectivity index (χ4n) is 2.14. The van der Waals surface area contributed by atoms with Gasteiger partial charge in [0, 0.05) is 12.6 Å². The van der Waals surface area contributed by atoms with Crippen molar-refractivity contribution in [2.24, 2.45) is 0 Å². The van der Waals surface area contributed by atoms with E-state index in [-0.39, 0.29) is 23.5 Å². The molecule has 0 saturated carbocycles. The van der Waals surface area contributed by atoms with Gasteiger partial charge in [-0.15, -0.1) is 5.10 Å². The number of ketones is 1. The van der Waals surface area contributed by atoms with Crippen LogP contribution >= 0.6 is 23.4 Å². The van der Waals surface area contributed by atoms with Gasteiger partial charge in [0.1, 0.15) is 10.9 Å². The van der Waals surface area contributed by atoms with Crippen LogP contribution in [0.15, 0.2) is 47.8 Å². The van der Waals surface area contributed by atoms with Gasteiger partial charge in [-0.3, -0.25) is 4.79 Å². The SMILES string of the molecule is O=C(CSc1nnnn1-c1ccc(C(=O)O)cc1)Cc1cccnc1Cl. The minimum absolute atomic E-state index is 0.0410. The molecule has 1 N–H and O–H groups in total. The molecule has 1 aromatic carbocycles. The van der Waals surface area contributed by atoms with Crippen LogP contribution in [0.2, 0.25) is 5.15 Å². The van der Waals surface area contributed by atoms with Crippen molar-refractivity contribution in [1.82, 2.24) is 25.2 Å². The van der Waals surface area contributed by atoms with Crippen LogP contribution in [0.1, 0.15) is 15.9 Å². The molecule has 10 heteroatoms. The molecule has 2 heterocycles. The Morgan fingerprint density at radius 3 is 2.65 bits per heavy atom. The number of carboxylic acids is 1. The van der Waals surface area contributed by atoms with E-state index in [1.807, 2.05) is 0 Å². The fraction of sp³-hybridized carbons (Fsp3) is 0.125. The maximum atomic E-state index is 12.2. The van der Waals surface area contributed by atoms with Crippen molar-refractivity contribution in [3.63, 3.8) is 0 Å². The summed E-state index contributed by atoms with van der Waals surface area (Å²) in [4.78, 5) is 27.0. The van der Waals surface area contributed by atoms with E-state index >= 15 is 0 Å². The largest absolute Gasteiger partial charge is 0.478 e. The van der Waals surface area contributed by atoms with Gasteiger partial charge in [-0.1, -0.05) is 29.4 Å². The van der Waals surface area contributed by atoms with Crippen LogP contribution in [0.25, 0.3) is 5.69 Å². The molecule has 2 aromatic heterocycles. The molecule has 0 bridgehead atoms. The number of halogens is 1. The third-order valence-electron chi connectivity index (χ3n) is 3.39. The van der Waals surface area contributed by atoms with E-state index in [1.54, 1.807) is 30.5 Å². The summed E-state index contributed by atoms with van der Waals surface area (Å²) in [6.45, 7) is 0. The Morgan fingerprint density at radius 1 is 1.19 bits per heavy atom. The van der Waals surface area contributed by atoms with Gasteiger partial charge >= 0.3 is 5.97 Å². The summed E-state index contributed by atoms with van der Waals surface area (Å²) in [7, 11) is 0. The smallest absolute Gasteiger partial charge is 0.335 e. The second kappa shape index (κ2) is 8.07. The number of benzene rings is 1. The molecule has 0 saturated heterocycles. The van der Waals surface area contributed by atoms with E-state index < -0.39 is 5.97 Å². The summed E-state index contributed by atoms with van der Waals surface area (Å²) < 4.78 is 1.45. The summed E-state index contributed by atoms with van der Waals surface area (Å²) in [6.07, 6.45) is 1.74. The molecule has 3 aromatic rings. The second-order valence-corrected chi connectivity index (χ2v) is 6.48. The van der Waals surface area contributed by atoms with E-state index in [1.165, 1.54) is 28.6 Å². The second-order valence-electron chi connectivity index (χ2n) is 5.18. The highest BCUT2D eigenvalue weighted by Crippen LogP contribution is 2.20. The first-order valence-electron chi connectivity index (χ1n) is 7.40. The lowest BCUT2D eigenvalue weighted by molar-refractivity contribution is -0.116. The Kier molecular flexibility index (Phi) is 5.59. The number of hydrogen-bond acceptors (Lipinski definition) is 7. The molecular formula is C16H12ClN5O3S. The lowest BCUT2D eigenvalue weighted by Gasteiger charge is -2.05. The van der Waals surface area contributed by atoms with Crippen LogP contribution in [-0.4, -0.2) is 47.8 Å². The molecule has 26 heavy (non-hydrogen) atoms. The summed E-state index contributed by atoms with van der Waals surface area (Å²) in [5, 5.41) is 21.1. The summed E-state index contributed by atoms with van der Waals surface area (Å²) >= 11 is 7.15. The first kappa shape index (κ1) is 18.0. The quantitative estimate of drug-likeness (QED) is 0.484. The number of aromatic nitrogens is 5. The number of carboxylic acid groups (broad SMARTS) is 1. The Labute approximate surface area is 157 Å². The molecule has 0 radical (unpaired) electrons. The lowest BCUT2D eigenvalue weighted by Crippen LogP contribution is -2.08. The van der Waals surface area contributed by atoms with E-state index in [2.05, 4.69) is 20.5 Å². The molecule has 0 aliphatic carbocycles. The maximum Gasteiger partial charge on any atom is 0.335 e. The van der Waals surface area contributed by atoms with E-state index in [4.69, 9.17) is 16.7 Å². The van der Waals surface area contributed by atoms with E-state index in [0.29, 0.717) is 21.6 Å². The van der Waals surface area contributed by atoms with Crippen molar-refractivity contribution in [3.05, 3.63) is 58.9 Å². The van der Waals surface area contributed by atoms with Gasteiger partial charge in [0.05, 0.1) is 17.0 Å². The van der Waals surface area contributed by atoms with E-state index in [9.17, 15) is 9.59 Å². The Morgan fingerprint density at radius 2 is 1.96 bits per heavy atom. The third kappa shape index (κ3) is 4.24. The Balaban J connectivity index is 1.66. The monoisotopic (exact) mass is 389 g/mol. The molecule has 3 rings (SSSR count). The van der Waals surface area contributed by atoms with Crippen molar-refractivity contribution in [1.29, 1.82) is 0 Å². The topological polar surface area (TPSA) is 111 Å². The average molecular weight is 390 g/mol. The first-order valence-corrected chi connectivity index (χ1v) is 8.77. The predicted octanol–water partition coefficient (Wildman–Crippen LogP) is 2.31. The van der Waals surface area contributed by atoms with Crippen LogP contribution < -0.4 is 0 Å². The van der Waals surface area contributed by atoms with Crippen LogP contribution in [0.3, 0.4) is 0 Å². The highest BCUT2D eigenvalue weighted by molar-refractivity contribution is 7.99. The third-order valence-corrected chi connectivity index (χ3v) is 4.71. The molecular weight excluding hydrogens is 378 g/mol. The molecule has 0 unspecified atom stereocenters. The van der Waals surface area contributed by atoms with Crippen LogP contribution in [-0.2, 0) is 11.2 Å². The summed E-state index contributed by atoms with van der Waals surface area (Å²) in [5.74, 6) is -0.887. The zero-order valence-corrected chi connectivity index (χ0v) is 14.8. The fourth-order valence-corrected chi connectivity index (χ4v) is 3.07. The highest BCUT2D eigenvalue weighted by Gasteiger charge is 2.14. The molecule has 0 aliphatic heterocycles. The number of carbonyl (C=O) groups is 2. The number of pyridine rings is 1. The normalized spacial score (nSPS) is 10.7. The molecule has 0 aliphatic rings. The average Bonchev–Trinajstić information content (AvgIpc) is 3.10. The molecule has 0 atom stereocenters. The molecule has 0 amide bonds. The van der Waals surface area contributed by atoms with Crippen molar-refractivity contribution in [3.8, 4) is 5.69 Å². The molecule has 132 valence electrons. The van der Waals surface area contributed by atoms with Crippen LogP contribution in [0.4, 0.5) is 0 Å². The number of rotatable bonds is 7. The van der Waals surface area contributed by atoms with E-state index in [0.717, 1.165) is 0 Å².